The molecule has 0 unspecified atom stereocenters. The van der Waals surface area contributed by atoms with Crippen molar-refractivity contribution in [2.75, 3.05) is 13.2 Å². The molecule has 0 radical (unpaired) electrons. The molecule has 3 nitrogen and oxygen atoms in total. The largest absolute Gasteiger partial charge is 0.395 e. The minimum Gasteiger partial charge on any atom is -0.395 e. The number of amides is 1. The lowest BCUT2D eigenvalue weighted by atomic mass is 10.1. The number of carbonyl (C=O) groups is 1. The fourth-order valence-electron chi connectivity index (χ4n) is 1.52. The number of rotatable bonds is 4. The summed E-state index contributed by atoms with van der Waals surface area (Å²) in [5.74, 6) is -0.966. The van der Waals surface area contributed by atoms with Gasteiger partial charge in [-0.25, -0.2) is 4.39 Å². The first kappa shape index (κ1) is 14.1. The van der Waals surface area contributed by atoms with Crippen molar-refractivity contribution in [2.45, 2.75) is 19.9 Å². The smallest absolute Gasteiger partial charge is 0.257 e. The lowest BCUT2D eigenvalue weighted by Crippen LogP contribution is -2.39. The minimum absolute atomic E-state index is 0.0235. The topological polar surface area (TPSA) is 40.5 Å². The van der Waals surface area contributed by atoms with Crippen LogP contribution in [0.2, 0.25) is 0 Å². The summed E-state index contributed by atoms with van der Waals surface area (Å²) in [5, 5.41) is 8.90. The van der Waals surface area contributed by atoms with Gasteiger partial charge >= 0.3 is 0 Å². The van der Waals surface area contributed by atoms with Gasteiger partial charge in [0.15, 0.2) is 0 Å². The van der Waals surface area contributed by atoms with Crippen molar-refractivity contribution in [3.05, 3.63) is 34.1 Å². The molecule has 0 heterocycles. The second-order valence-corrected chi connectivity index (χ2v) is 4.86. The van der Waals surface area contributed by atoms with Crippen LogP contribution in [0.5, 0.6) is 0 Å². The molecule has 1 amide bonds. The average molecular weight is 304 g/mol. The zero-order valence-electron chi connectivity index (χ0n) is 9.78. The van der Waals surface area contributed by atoms with Crippen LogP contribution in [-0.4, -0.2) is 35.1 Å². The molecule has 0 saturated carbocycles. The summed E-state index contributed by atoms with van der Waals surface area (Å²) in [6.45, 7) is 3.71. The monoisotopic (exact) mass is 303 g/mol. The predicted molar refractivity (Wildman–Crippen MR) is 67.4 cm³/mol. The van der Waals surface area contributed by atoms with E-state index < -0.39 is 11.7 Å². The van der Waals surface area contributed by atoms with Crippen LogP contribution in [0.15, 0.2) is 22.7 Å². The van der Waals surface area contributed by atoms with Gasteiger partial charge in [-0.3, -0.25) is 4.79 Å². The number of nitrogens with zero attached hydrogens (tertiary/aromatic N) is 1. The first-order valence-corrected chi connectivity index (χ1v) is 6.13. The molecule has 1 aromatic carbocycles. The van der Waals surface area contributed by atoms with E-state index in [2.05, 4.69) is 15.9 Å². The number of benzene rings is 1. The lowest BCUT2D eigenvalue weighted by molar-refractivity contribution is 0.0660. The van der Waals surface area contributed by atoms with Gasteiger partial charge in [0.1, 0.15) is 5.82 Å². The Morgan fingerprint density at radius 3 is 2.65 bits per heavy atom. The molecule has 17 heavy (non-hydrogen) atoms. The molecule has 0 atom stereocenters. The van der Waals surface area contributed by atoms with E-state index in [9.17, 15) is 9.18 Å². The van der Waals surface area contributed by atoms with E-state index in [-0.39, 0.29) is 24.8 Å². The maximum absolute atomic E-state index is 13.6. The third-order valence-corrected chi connectivity index (χ3v) is 2.88. The molecule has 0 fully saturated rings. The fraction of sp³-hybridized carbons (Fsp3) is 0.417. The first-order valence-electron chi connectivity index (χ1n) is 5.34. The zero-order chi connectivity index (χ0) is 13.0. The van der Waals surface area contributed by atoms with Crippen molar-refractivity contribution in [1.82, 2.24) is 4.90 Å². The first-order chi connectivity index (χ1) is 7.97. The molecule has 0 aliphatic carbocycles. The summed E-state index contributed by atoms with van der Waals surface area (Å²) in [4.78, 5) is 13.5. The minimum atomic E-state index is -0.562. The van der Waals surface area contributed by atoms with Crippen LogP contribution >= 0.6 is 15.9 Å². The standard InChI is InChI=1S/C12H15BrFNO2/c1-8(2)15(5-6-16)12(17)10-4-3-9(13)7-11(10)14/h3-4,7-8,16H,5-6H2,1-2H3. The Bertz CT molecular complexity index is 409. The third kappa shape index (κ3) is 3.51. The summed E-state index contributed by atoms with van der Waals surface area (Å²) in [6, 6.07) is 4.23. The zero-order valence-corrected chi connectivity index (χ0v) is 11.4. The number of hydrogen-bond acceptors (Lipinski definition) is 2. The van der Waals surface area contributed by atoms with E-state index in [0.29, 0.717) is 4.47 Å². The molecule has 0 aliphatic heterocycles. The highest BCUT2D eigenvalue weighted by Crippen LogP contribution is 2.17. The van der Waals surface area contributed by atoms with Crippen molar-refractivity contribution in [1.29, 1.82) is 0 Å². The molecular weight excluding hydrogens is 289 g/mol. The van der Waals surface area contributed by atoms with E-state index in [1.807, 2.05) is 13.8 Å². The Kier molecular flexibility index (Phi) is 5.08. The molecular formula is C12H15BrFNO2. The van der Waals surface area contributed by atoms with Gasteiger partial charge in [-0.15, -0.1) is 0 Å². The number of carbonyl (C=O) groups excluding carboxylic acids is 1. The van der Waals surface area contributed by atoms with Gasteiger partial charge in [-0.2, -0.15) is 0 Å². The maximum atomic E-state index is 13.6. The molecule has 0 aliphatic rings. The van der Waals surface area contributed by atoms with Crippen molar-refractivity contribution < 1.29 is 14.3 Å². The number of aliphatic hydroxyl groups excluding tert-OH is 1. The van der Waals surface area contributed by atoms with E-state index >= 15 is 0 Å². The molecule has 5 heteroatoms. The summed E-state index contributed by atoms with van der Waals surface area (Å²) < 4.78 is 14.2. The van der Waals surface area contributed by atoms with Gasteiger partial charge in [0.05, 0.1) is 12.2 Å². The fourth-order valence-corrected chi connectivity index (χ4v) is 1.85. The quantitative estimate of drug-likeness (QED) is 0.928. The van der Waals surface area contributed by atoms with Gasteiger partial charge in [0.2, 0.25) is 0 Å². The molecule has 0 aromatic heterocycles. The van der Waals surface area contributed by atoms with Crippen LogP contribution in [-0.2, 0) is 0 Å². The van der Waals surface area contributed by atoms with E-state index in [4.69, 9.17) is 5.11 Å². The van der Waals surface area contributed by atoms with Crippen LogP contribution in [0.3, 0.4) is 0 Å². The van der Waals surface area contributed by atoms with Crippen LogP contribution in [0.1, 0.15) is 24.2 Å². The molecule has 0 saturated heterocycles. The third-order valence-electron chi connectivity index (χ3n) is 2.39. The van der Waals surface area contributed by atoms with E-state index in [0.717, 1.165) is 0 Å². The highest BCUT2D eigenvalue weighted by molar-refractivity contribution is 9.10. The molecule has 1 aromatic rings. The van der Waals surface area contributed by atoms with Crippen LogP contribution in [0.4, 0.5) is 4.39 Å². The van der Waals surface area contributed by atoms with Crippen LogP contribution < -0.4 is 0 Å². The maximum Gasteiger partial charge on any atom is 0.257 e. The van der Waals surface area contributed by atoms with Crippen molar-refractivity contribution in [3.8, 4) is 0 Å². The Labute approximate surface area is 108 Å². The van der Waals surface area contributed by atoms with Gasteiger partial charge in [0.25, 0.3) is 5.91 Å². The van der Waals surface area contributed by atoms with Gasteiger partial charge in [0, 0.05) is 17.1 Å². The molecule has 0 spiro atoms. The van der Waals surface area contributed by atoms with Crippen molar-refractivity contribution in [3.63, 3.8) is 0 Å². The predicted octanol–water partition coefficient (Wildman–Crippen LogP) is 2.43. The Hall–Kier alpha value is -0.940. The Morgan fingerprint density at radius 2 is 2.18 bits per heavy atom. The van der Waals surface area contributed by atoms with Crippen molar-refractivity contribution >= 4 is 21.8 Å². The molecule has 94 valence electrons. The summed E-state index contributed by atoms with van der Waals surface area (Å²) in [7, 11) is 0. The second kappa shape index (κ2) is 6.12. The summed E-state index contributed by atoms with van der Waals surface area (Å²) >= 11 is 3.14. The normalized spacial score (nSPS) is 10.7. The number of hydrogen-bond donors (Lipinski definition) is 1. The Morgan fingerprint density at radius 1 is 1.53 bits per heavy atom. The van der Waals surface area contributed by atoms with Gasteiger partial charge in [-0.05, 0) is 32.0 Å². The lowest BCUT2D eigenvalue weighted by Gasteiger charge is -2.26. The van der Waals surface area contributed by atoms with Crippen LogP contribution in [0, 0.1) is 5.82 Å². The Balaban J connectivity index is 3.01. The summed E-state index contributed by atoms with van der Waals surface area (Å²) in [5.41, 5.74) is 0.0235. The van der Waals surface area contributed by atoms with E-state index in [1.165, 1.54) is 17.0 Å². The van der Waals surface area contributed by atoms with Gasteiger partial charge in [-0.1, -0.05) is 15.9 Å². The molecule has 1 rings (SSSR count). The number of aliphatic hydroxyl groups is 1. The second-order valence-electron chi connectivity index (χ2n) is 3.94. The van der Waals surface area contributed by atoms with E-state index in [1.54, 1.807) is 6.07 Å². The van der Waals surface area contributed by atoms with Gasteiger partial charge < -0.3 is 10.0 Å². The van der Waals surface area contributed by atoms with Crippen molar-refractivity contribution in [2.24, 2.45) is 0 Å². The summed E-state index contributed by atoms with van der Waals surface area (Å²) in [6.07, 6.45) is 0. The average Bonchev–Trinajstić information content (AvgIpc) is 2.24. The SMILES string of the molecule is CC(C)N(CCO)C(=O)c1ccc(Br)cc1F. The highest BCUT2D eigenvalue weighted by Gasteiger charge is 2.21. The van der Waals surface area contributed by atoms with Crippen LogP contribution in [0.25, 0.3) is 0 Å². The highest BCUT2D eigenvalue weighted by atomic mass is 79.9. The molecule has 0 bridgehead atoms. The molecule has 1 N–H and O–H groups in total. The number of halogens is 2.